The fraction of sp³-hybridized carbons (Fsp3) is 0.158. The Hall–Kier alpha value is -2.00. The summed E-state index contributed by atoms with van der Waals surface area (Å²) in [6.45, 7) is 0.248. The molecule has 1 fully saturated rings. The van der Waals surface area contributed by atoms with Gasteiger partial charge >= 0.3 is 0 Å². The van der Waals surface area contributed by atoms with E-state index in [0.717, 1.165) is 16.7 Å². The summed E-state index contributed by atoms with van der Waals surface area (Å²) in [7, 11) is 0. The zero-order valence-corrected chi connectivity index (χ0v) is 18.1. The van der Waals surface area contributed by atoms with E-state index >= 15 is 0 Å². The molecular weight excluding hydrogens is 453 g/mol. The van der Waals surface area contributed by atoms with Gasteiger partial charge in [0.25, 0.3) is 11.1 Å². The summed E-state index contributed by atoms with van der Waals surface area (Å²) < 4.78 is 0. The van der Waals surface area contributed by atoms with Gasteiger partial charge in [-0.2, -0.15) is 0 Å². The maximum absolute atomic E-state index is 12.5. The molecular formula is C19H15Cl2N3O3S2. The third-order valence-corrected chi connectivity index (χ3v) is 6.46. The molecule has 0 aliphatic carbocycles. The van der Waals surface area contributed by atoms with Gasteiger partial charge < -0.3 is 5.32 Å². The fourth-order valence-corrected chi connectivity index (χ4v) is 4.44. The molecule has 0 saturated carbocycles. The summed E-state index contributed by atoms with van der Waals surface area (Å²) in [5.41, 5.74) is 0.665. The lowest BCUT2D eigenvalue weighted by Crippen LogP contribution is -2.37. The molecule has 0 atom stereocenters. The van der Waals surface area contributed by atoms with Gasteiger partial charge in [-0.25, -0.2) is 4.98 Å². The van der Waals surface area contributed by atoms with E-state index in [2.05, 4.69) is 10.3 Å². The Morgan fingerprint density at radius 3 is 2.69 bits per heavy atom. The largest absolute Gasteiger partial charge is 0.354 e. The lowest BCUT2D eigenvalue weighted by atomic mass is 10.2. The number of hydrogen-bond donors (Lipinski definition) is 1. The Balaban J connectivity index is 1.50. The van der Waals surface area contributed by atoms with Crippen LogP contribution >= 0.6 is 46.7 Å². The van der Waals surface area contributed by atoms with Crippen molar-refractivity contribution in [1.82, 2.24) is 15.2 Å². The van der Waals surface area contributed by atoms with Crippen molar-refractivity contribution in [3.63, 3.8) is 0 Å². The van der Waals surface area contributed by atoms with Crippen LogP contribution in [0.5, 0.6) is 0 Å². The Bertz CT molecular complexity index is 985. The number of carbonyl (C=O) groups excluding carboxylic acids is 3. The number of thioether (sulfide) groups is 2. The highest BCUT2D eigenvalue weighted by Gasteiger charge is 2.34. The number of aromatic nitrogens is 1. The van der Waals surface area contributed by atoms with Gasteiger partial charge in [-0.05, 0) is 41.6 Å². The Labute approximate surface area is 186 Å². The molecule has 1 aliphatic rings. The van der Waals surface area contributed by atoms with E-state index in [1.807, 2.05) is 0 Å². The average molecular weight is 468 g/mol. The number of nitrogens with one attached hydrogen (secondary N) is 1. The van der Waals surface area contributed by atoms with Crippen LogP contribution in [0, 0.1) is 0 Å². The molecule has 0 spiro atoms. The number of benzene rings is 1. The molecule has 0 unspecified atom stereocenters. The summed E-state index contributed by atoms with van der Waals surface area (Å²) >= 11 is 14.2. The number of halogens is 2. The zero-order chi connectivity index (χ0) is 20.8. The first-order valence-corrected chi connectivity index (χ1v) is 11.0. The van der Waals surface area contributed by atoms with E-state index < -0.39 is 5.91 Å². The molecule has 2 heterocycles. The van der Waals surface area contributed by atoms with Crippen molar-refractivity contribution in [3.05, 3.63) is 63.1 Å². The normalized spacial score (nSPS) is 15.2. The van der Waals surface area contributed by atoms with Gasteiger partial charge in [0.2, 0.25) is 5.91 Å². The summed E-state index contributed by atoms with van der Waals surface area (Å²) in [6.07, 6.45) is 3.20. The molecule has 6 nitrogen and oxygen atoms in total. The number of amides is 3. The lowest BCUT2D eigenvalue weighted by Gasteiger charge is -2.13. The van der Waals surface area contributed by atoms with Gasteiger partial charge in [0.1, 0.15) is 5.03 Å². The highest BCUT2D eigenvalue weighted by molar-refractivity contribution is 8.18. The van der Waals surface area contributed by atoms with Crippen LogP contribution in [0.4, 0.5) is 4.79 Å². The number of pyridine rings is 1. The fourth-order valence-electron chi connectivity index (χ4n) is 2.40. The number of nitrogens with zero attached hydrogens (tertiary/aromatic N) is 2. The summed E-state index contributed by atoms with van der Waals surface area (Å²) in [4.78, 5) is 42.1. The topological polar surface area (TPSA) is 79.4 Å². The molecule has 150 valence electrons. The maximum atomic E-state index is 12.5. The Kier molecular flexibility index (Phi) is 7.60. The van der Waals surface area contributed by atoms with Crippen LogP contribution in [0.1, 0.15) is 5.56 Å². The van der Waals surface area contributed by atoms with Crippen molar-refractivity contribution in [1.29, 1.82) is 0 Å². The zero-order valence-electron chi connectivity index (χ0n) is 14.9. The van der Waals surface area contributed by atoms with E-state index in [4.69, 9.17) is 23.2 Å². The Morgan fingerprint density at radius 2 is 1.93 bits per heavy atom. The van der Waals surface area contributed by atoms with Gasteiger partial charge in [-0.15, -0.1) is 0 Å². The molecule has 29 heavy (non-hydrogen) atoms. The second-order valence-electron chi connectivity index (χ2n) is 5.78. The summed E-state index contributed by atoms with van der Waals surface area (Å²) in [6, 6.07) is 10.5. The van der Waals surface area contributed by atoms with Crippen molar-refractivity contribution >= 4 is 69.9 Å². The summed E-state index contributed by atoms with van der Waals surface area (Å²) in [5, 5.41) is 3.86. The molecule has 1 aromatic heterocycles. The van der Waals surface area contributed by atoms with Gasteiger partial charge in [-0.1, -0.05) is 53.2 Å². The van der Waals surface area contributed by atoms with Gasteiger partial charge in [0, 0.05) is 24.3 Å². The second-order valence-corrected chi connectivity index (χ2v) is 8.56. The van der Waals surface area contributed by atoms with Crippen molar-refractivity contribution in [3.8, 4) is 0 Å². The van der Waals surface area contributed by atoms with Crippen molar-refractivity contribution in [2.24, 2.45) is 0 Å². The predicted octanol–water partition coefficient (Wildman–Crippen LogP) is 4.33. The minimum absolute atomic E-state index is 0.0886. The molecule has 3 amide bonds. The van der Waals surface area contributed by atoms with E-state index in [1.54, 1.807) is 48.7 Å². The number of hydrogen-bond acceptors (Lipinski definition) is 6. The summed E-state index contributed by atoms with van der Waals surface area (Å²) in [5.74, 6) is -0.510. The minimum atomic E-state index is -0.399. The minimum Gasteiger partial charge on any atom is -0.354 e. The van der Waals surface area contributed by atoms with Gasteiger partial charge in [0.05, 0.1) is 15.7 Å². The SMILES string of the molecule is O=C(CSc1ncccc1Cl)NCCN1C(=O)S/C(=C\c2ccccc2Cl)C1=O. The van der Waals surface area contributed by atoms with Crippen LogP contribution in [0.3, 0.4) is 0 Å². The molecule has 1 aromatic carbocycles. The van der Waals surface area contributed by atoms with Gasteiger partial charge in [0.15, 0.2) is 0 Å². The average Bonchev–Trinajstić information content (AvgIpc) is 2.96. The number of carbonyl (C=O) groups is 3. The number of imide groups is 1. The van der Waals surface area contributed by atoms with E-state index in [-0.39, 0.29) is 30.0 Å². The third kappa shape index (κ3) is 5.76. The molecule has 1 N–H and O–H groups in total. The highest BCUT2D eigenvalue weighted by atomic mass is 35.5. The molecule has 0 bridgehead atoms. The molecule has 1 saturated heterocycles. The van der Waals surface area contributed by atoms with Crippen molar-refractivity contribution < 1.29 is 14.4 Å². The molecule has 0 radical (unpaired) electrons. The Morgan fingerprint density at radius 1 is 1.17 bits per heavy atom. The highest BCUT2D eigenvalue weighted by Crippen LogP contribution is 2.33. The predicted molar refractivity (Wildman–Crippen MR) is 117 cm³/mol. The number of rotatable bonds is 7. The smallest absolute Gasteiger partial charge is 0.293 e. The quantitative estimate of drug-likeness (QED) is 0.481. The van der Waals surface area contributed by atoms with Crippen LogP contribution in [-0.4, -0.2) is 45.8 Å². The first kappa shape index (κ1) is 21.7. The monoisotopic (exact) mass is 467 g/mol. The van der Waals surface area contributed by atoms with E-state index in [0.29, 0.717) is 25.5 Å². The van der Waals surface area contributed by atoms with Crippen LogP contribution < -0.4 is 5.32 Å². The van der Waals surface area contributed by atoms with Crippen LogP contribution in [0.2, 0.25) is 10.0 Å². The van der Waals surface area contributed by atoms with Gasteiger partial charge in [-0.3, -0.25) is 19.3 Å². The maximum Gasteiger partial charge on any atom is 0.293 e. The van der Waals surface area contributed by atoms with Crippen LogP contribution in [0.25, 0.3) is 6.08 Å². The van der Waals surface area contributed by atoms with Crippen molar-refractivity contribution in [2.75, 3.05) is 18.8 Å². The third-order valence-electron chi connectivity index (χ3n) is 3.79. The standard InChI is InChI=1S/C19H15Cl2N3O3S2/c20-13-5-2-1-4-12(13)10-15-18(26)24(19(27)29-15)9-8-22-16(25)11-28-17-14(21)6-3-7-23-17/h1-7,10H,8-9,11H2,(H,22,25)/b15-10-. The van der Waals surface area contributed by atoms with E-state index in [9.17, 15) is 14.4 Å². The first-order valence-electron chi connectivity index (χ1n) is 8.45. The van der Waals surface area contributed by atoms with Crippen LogP contribution in [-0.2, 0) is 9.59 Å². The molecule has 2 aromatic rings. The molecule has 3 rings (SSSR count). The second kappa shape index (κ2) is 10.2. The molecule has 10 heteroatoms. The van der Waals surface area contributed by atoms with Crippen molar-refractivity contribution in [2.45, 2.75) is 5.03 Å². The first-order chi connectivity index (χ1) is 14.0. The van der Waals surface area contributed by atoms with E-state index in [1.165, 1.54) is 11.8 Å². The molecule has 1 aliphatic heterocycles. The lowest BCUT2D eigenvalue weighted by molar-refractivity contribution is -0.123. The van der Waals surface area contributed by atoms with Crippen LogP contribution in [0.15, 0.2) is 52.5 Å².